The van der Waals surface area contributed by atoms with Crippen molar-refractivity contribution in [1.82, 2.24) is 21.3 Å². The zero-order valence-electron chi connectivity index (χ0n) is 31.4. The van der Waals surface area contributed by atoms with Crippen LogP contribution in [0.4, 0.5) is 0 Å². The van der Waals surface area contributed by atoms with Gasteiger partial charge < -0.3 is 30.7 Å². The fraction of sp³-hybridized carbons (Fsp3) is 0.951. The molecule has 0 spiro atoms. The summed E-state index contributed by atoms with van der Waals surface area (Å²) in [6, 6.07) is 3.19. The predicted molar refractivity (Wildman–Crippen MR) is 203 cm³/mol. The minimum Gasteiger partial charge on any atom is -0.376 e. The second-order valence-corrected chi connectivity index (χ2v) is 17.0. The van der Waals surface area contributed by atoms with Gasteiger partial charge in [-0.05, 0) is 110 Å². The lowest BCUT2D eigenvalue weighted by Gasteiger charge is -2.33. The lowest BCUT2D eigenvalue weighted by atomic mass is 9.93. The van der Waals surface area contributed by atoms with E-state index in [1.807, 2.05) is 0 Å². The van der Waals surface area contributed by atoms with Crippen molar-refractivity contribution in [3.63, 3.8) is 0 Å². The van der Waals surface area contributed by atoms with E-state index in [1.165, 1.54) is 128 Å². The number of rotatable bonds is 11. The maximum Gasteiger partial charge on any atom is 0.191 e. The van der Waals surface area contributed by atoms with E-state index in [0.717, 1.165) is 63.3 Å². The molecule has 6 aliphatic carbocycles. The zero-order valence-corrected chi connectivity index (χ0v) is 31.4. The van der Waals surface area contributed by atoms with Gasteiger partial charge in [-0.15, -0.1) is 0 Å². The Morgan fingerprint density at radius 2 is 0.776 bits per heavy atom. The van der Waals surface area contributed by atoms with E-state index in [-0.39, 0.29) is 6.10 Å². The van der Waals surface area contributed by atoms with Crippen LogP contribution in [-0.4, -0.2) is 73.1 Å². The first-order valence-corrected chi connectivity index (χ1v) is 21.6. The van der Waals surface area contributed by atoms with Crippen LogP contribution in [0.15, 0.2) is 9.98 Å². The highest BCUT2D eigenvalue weighted by atomic mass is 16.5. The highest BCUT2D eigenvalue weighted by molar-refractivity contribution is 5.81. The first-order chi connectivity index (χ1) is 24.1. The van der Waals surface area contributed by atoms with E-state index in [4.69, 9.17) is 19.5 Å². The molecule has 6 fully saturated rings. The Balaban J connectivity index is 0.896. The zero-order chi connectivity index (χ0) is 33.5. The molecule has 6 aliphatic rings. The van der Waals surface area contributed by atoms with Crippen molar-refractivity contribution in [3.05, 3.63) is 0 Å². The van der Waals surface area contributed by atoms with E-state index < -0.39 is 0 Å². The first-order valence-electron chi connectivity index (χ1n) is 21.6. The van der Waals surface area contributed by atoms with Crippen molar-refractivity contribution in [2.75, 3.05) is 6.61 Å². The summed E-state index contributed by atoms with van der Waals surface area (Å²) in [6.07, 6.45) is 36.4. The largest absolute Gasteiger partial charge is 0.376 e. The van der Waals surface area contributed by atoms with Crippen molar-refractivity contribution in [3.8, 4) is 0 Å². The van der Waals surface area contributed by atoms with Crippen LogP contribution in [0.25, 0.3) is 0 Å². The molecular formula is C41H74N6O2. The van der Waals surface area contributed by atoms with Crippen LogP contribution < -0.4 is 21.3 Å². The minimum absolute atomic E-state index is 0.142. The Morgan fingerprint density at radius 1 is 0.449 bits per heavy atom. The number of nitrogens with one attached hydrogen (secondary N) is 4. The molecule has 0 bridgehead atoms. The Morgan fingerprint density at radius 3 is 1.12 bits per heavy atom. The third-order valence-corrected chi connectivity index (χ3v) is 12.7. The molecule has 0 heterocycles. The van der Waals surface area contributed by atoms with E-state index in [0.29, 0.717) is 55.1 Å². The molecule has 8 nitrogen and oxygen atoms in total. The minimum atomic E-state index is 0.142. The van der Waals surface area contributed by atoms with Crippen LogP contribution in [-0.2, 0) is 9.47 Å². The fourth-order valence-corrected chi connectivity index (χ4v) is 9.65. The van der Waals surface area contributed by atoms with Gasteiger partial charge in [0.25, 0.3) is 0 Å². The molecule has 0 aromatic carbocycles. The molecule has 4 N–H and O–H groups in total. The average molecular weight is 683 g/mol. The van der Waals surface area contributed by atoms with Crippen molar-refractivity contribution < 1.29 is 9.47 Å². The van der Waals surface area contributed by atoms with Crippen LogP contribution in [0.2, 0.25) is 0 Å². The molecule has 0 amide bonds. The molecule has 1 unspecified atom stereocenters. The van der Waals surface area contributed by atoms with Crippen LogP contribution in [0.5, 0.6) is 0 Å². The van der Waals surface area contributed by atoms with E-state index >= 15 is 0 Å². The van der Waals surface area contributed by atoms with Gasteiger partial charge in [0.1, 0.15) is 0 Å². The average Bonchev–Trinajstić information content (AvgIpc) is 3.14. The van der Waals surface area contributed by atoms with Crippen molar-refractivity contribution in [2.24, 2.45) is 9.98 Å². The molecule has 1 atom stereocenters. The van der Waals surface area contributed by atoms with Gasteiger partial charge in [-0.1, -0.05) is 77.0 Å². The van der Waals surface area contributed by atoms with E-state index in [2.05, 4.69) is 28.2 Å². The molecule has 280 valence electrons. The number of nitrogens with zero attached hydrogens (tertiary/aromatic N) is 2. The van der Waals surface area contributed by atoms with Gasteiger partial charge in [0.05, 0.1) is 37.0 Å². The highest BCUT2D eigenvalue weighted by Crippen LogP contribution is 2.28. The first kappa shape index (κ1) is 37.2. The van der Waals surface area contributed by atoms with Crippen LogP contribution in [0, 0.1) is 0 Å². The second-order valence-electron chi connectivity index (χ2n) is 17.0. The summed E-state index contributed by atoms with van der Waals surface area (Å²) in [5.41, 5.74) is 0. The number of ether oxygens (including phenoxy) is 2. The SMILES string of the molecule is CC(COC1CCC(N=C(NC2CCCCC2)NC2CCCCC2)CC1)OC1CCC(N=C(NC2CCCCC2)NC2CCCCC2)CC1. The smallest absolute Gasteiger partial charge is 0.191 e. The molecule has 0 aromatic rings. The van der Waals surface area contributed by atoms with E-state index in [1.54, 1.807) is 0 Å². The maximum atomic E-state index is 6.55. The predicted octanol–water partition coefficient (Wildman–Crippen LogP) is 8.43. The topological polar surface area (TPSA) is 91.3 Å². The second kappa shape index (κ2) is 20.5. The summed E-state index contributed by atoms with van der Waals surface area (Å²) in [5.74, 6) is 2.20. The van der Waals surface area contributed by atoms with Gasteiger partial charge in [-0.2, -0.15) is 0 Å². The van der Waals surface area contributed by atoms with Crippen LogP contribution in [0.1, 0.15) is 187 Å². The molecule has 0 radical (unpaired) electrons. The standard InChI is InChI=1S/C41H74N6O2/c1-31(49-39-28-24-37(25-29-39)47-41(44-34-18-10-4-11-19-34)45-35-20-12-5-13-21-35)30-48-38-26-22-36(23-27-38)46-40(42-32-14-6-2-7-15-32)43-33-16-8-3-9-17-33/h31-39H,2-30H2,1H3,(H2,42,43,46)(H2,44,45,47). The van der Waals surface area contributed by atoms with Gasteiger partial charge >= 0.3 is 0 Å². The highest BCUT2D eigenvalue weighted by Gasteiger charge is 2.28. The number of guanidine groups is 2. The lowest BCUT2D eigenvalue weighted by molar-refractivity contribution is -0.0830. The monoisotopic (exact) mass is 683 g/mol. The van der Waals surface area contributed by atoms with Gasteiger partial charge in [-0.3, -0.25) is 0 Å². The summed E-state index contributed by atoms with van der Waals surface area (Å²) in [6.45, 7) is 2.91. The van der Waals surface area contributed by atoms with Crippen molar-refractivity contribution in [1.29, 1.82) is 0 Å². The quantitative estimate of drug-likeness (QED) is 0.129. The summed E-state index contributed by atoms with van der Waals surface area (Å²) in [5, 5.41) is 15.5. The Hall–Kier alpha value is -1.54. The number of aliphatic imine (C=N–C) groups is 2. The molecule has 0 aliphatic heterocycles. The maximum absolute atomic E-state index is 6.55. The van der Waals surface area contributed by atoms with Gasteiger partial charge in [0.15, 0.2) is 11.9 Å². The Bertz CT molecular complexity index is 922. The normalized spacial score (nSPS) is 30.6. The Labute approximate surface area is 300 Å². The van der Waals surface area contributed by atoms with Gasteiger partial charge in [-0.25, -0.2) is 9.98 Å². The van der Waals surface area contributed by atoms with Crippen LogP contribution in [0.3, 0.4) is 0 Å². The molecule has 49 heavy (non-hydrogen) atoms. The summed E-state index contributed by atoms with van der Waals surface area (Å²) in [4.78, 5) is 10.6. The lowest BCUT2D eigenvalue weighted by Crippen LogP contribution is -2.49. The van der Waals surface area contributed by atoms with Gasteiger partial charge in [0, 0.05) is 24.2 Å². The summed E-state index contributed by atoms with van der Waals surface area (Å²) in [7, 11) is 0. The summed E-state index contributed by atoms with van der Waals surface area (Å²) < 4.78 is 13.0. The van der Waals surface area contributed by atoms with E-state index in [9.17, 15) is 0 Å². The number of hydrogen-bond donors (Lipinski definition) is 4. The number of hydrogen-bond acceptors (Lipinski definition) is 4. The van der Waals surface area contributed by atoms with Crippen molar-refractivity contribution >= 4 is 11.9 Å². The Kier molecular flexibility index (Phi) is 15.6. The molecule has 6 rings (SSSR count). The van der Waals surface area contributed by atoms with Crippen LogP contribution >= 0.6 is 0 Å². The molecule has 8 heteroatoms. The third kappa shape index (κ3) is 13.2. The fourth-order valence-electron chi connectivity index (χ4n) is 9.65. The van der Waals surface area contributed by atoms with Gasteiger partial charge in [0.2, 0.25) is 0 Å². The summed E-state index contributed by atoms with van der Waals surface area (Å²) >= 11 is 0. The molecular weight excluding hydrogens is 608 g/mol. The molecule has 0 saturated heterocycles. The molecule has 0 aromatic heterocycles. The third-order valence-electron chi connectivity index (χ3n) is 12.7. The van der Waals surface area contributed by atoms with Crippen molar-refractivity contribution in [2.45, 2.75) is 241 Å². The molecule has 6 saturated carbocycles.